The van der Waals surface area contributed by atoms with Crippen LogP contribution in [0.25, 0.3) is 5.69 Å². The first-order chi connectivity index (χ1) is 12.8. The zero-order valence-electron chi connectivity index (χ0n) is 15.6. The number of aryl methyl sites for hydroxylation is 1. The summed E-state index contributed by atoms with van der Waals surface area (Å²) in [6.07, 6.45) is 0.500. The molecule has 0 saturated carbocycles. The van der Waals surface area contributed by atoms with E-state index in [0.29, 0.717) is 18.1 Å². The molecule has 0 radical (unpaired) electrons. The third kappa shape index (κ3) is 4.32. The molecule has 0 bridgehead atoms. The zero-order valence-corrected chi connectivity index (χ0v) is 17.2. The van der Waals surface area contributed by atoms with Crippen LogP contribution < -0.4 is 0 Å². The van der Waals surface area contributed by atoms with Crippen LogP contribution in [0.2, 0.25) is 0 Å². The van der Waals surface area contributed by atoms with Gasteiger partial charge in [0.15, 0.2) is 9.84 Å². The van der Waals surface area contributed by atoms with E-state index in [1.165, 1.54) is 11.8 Å². The zero-order chi connectivity index (χ0) is 19.6. The fourth-order valence-corrected chi connectivity index (χ4v) is 5.86. The van der Waals surface area contributed by atoms with E-state index in [0.717, 1.165) is 11.3 Å². The average molecular weight is 410 g/mol. The summed E-state index contributed by atoms with van der Waals surface area (Å²) in [5.74, 6) is 0.100. The number of benzene rings is 1. The molecule has 8 nitrogen and oxygen atoms in total. The molecule has 0 aliphatic carbocycles. The van der Waals surface area contributed by atoms with Crippen molar-refractivity contribution in [1.82, 2.24) is 25.1 Å². The molecule has 27 heavy (non-hydrogen) atoms. The van der Waals surface area contributed by atoms with Crippen molar-refractivity contribution in [2.75, 3.05) is 18.1 Å². The minimum atomic E-state index is -3.04. The molecule has 146 valence electrons. The van der Waals surface area contributed by atoms with Gasteiger partial charge in [0.1, 0.15) is 0 Å². The molecule has 0 spiro atoms. The van der Waals surface area contributed by atoms with E-state index in [1.807, 2.05) is 38.1 Å². The molecule has 1 aromatic carbocycles. The van der Waals surface area contributed by atoms with Crippen LogP contribution in [-0.2, 0) is 14.6 Å². The van der Waals surface area contributed by atoms with Crippen molar-refractivity contribution in [3.63, 3.8) is 0 Å². The lowest BCUT2D eigenvalue weighted by molar-refractivity contribution is -0.131. The maximum Gasteiger partial charge on any atom is 0.236 e. The van der Waals surface area contributed by atoms with Gasteiger partial charge in [0.05, 0.1) is 22.4 Å². The summed E-state index contributed by atoms with van der Waals surface area (Å²) in [6.45, 7) is 6.12. The molecule has 1 amide bonds. The summed E-state index contributed by atoms with van der Waals surface area (Å²) in [7, 11) is -3.04. The van der Waals surface area contributed by atoms with Crippen LogP contribution in [0.15, 0.2) is 29.4 Å². The number of para-hydroxylation sites is 1. The monoisotopic (exact) mass is 409 g/mol. The number of tetrazole rings is 1. The lowest BCUT2D eigenvalue weighted by Gasteiger charge is -2.29. The first-order valence-electron chi connectivity index (χ1n) is 8.84. The van der Waals surface area contributed by atoms with E-state index in [1.54, 1.807) is 16.5 Å². The number of rotatable bonds is 6. The van der Waals surface area contributed by atoms with Gasteiger partial charge in [0.25, 0.3) is 0 Å². The number of carbonyl (C=O) groups excluding carboxylic acids is 1. The maximum atomic E-state index is 12.9. The van der Waals surface area contributed by atoms with Gasteiger partial charge in [-0.1, -0.05) is 30.0 Å². The quantitative estimate of drug-likeness (QED) is 0.667. The number of aromatic nitrogens is 4. The SMILES string of the molecule is CCN(C(=O)[C@H](C)Sc1nnnn1-c1ccccc1C)[C@H]1CCS(=O)(=O)C1. The molecule has 0 N–H and O–H groups in total. The van der Waals surface area contributed by atoms with Crippen LogP contribution in [0.1, 0.15) is 25.8 Å². The van der Waals surface area contributed by atoms with Crippen LogP contribution in [0.4, 0.5) is 0 Å². The van der Waals surface area contributed by atoms with Gasteiger partial charge in [-0.15, -0.1) is 5.10 Å². The normalized spacial score (nSPS) is 19.7. The van der Waals surface area contributed by atoms with Crippen LogP contribution in [0.5, 0.6) is 0 Å². The second-order valence-corrected chi connectivity index (χ2v) is 10.1. The number of amides is 1. The molecule has 1 aliphatic rings. The number of nitrogens with zero attached hydrogens (tertiary/aromatic N) is 5. The highest BCUT2D eigenvalue weighted by Gasteiger charge is 2.35. The van der Waals surface area contributed by atoms with Crippen molar-refractivity contribution in [3.05, 3.63) is 29.8 Å². The molecule has 1 fully saturated rings. The van der Waals surface area contributed by atoms with Gasteiger partial charge >= 0.3 is 0 Å². The Morgan fingerprint density at radius 1 is 1.41 bits per heavy atom. The smallest absolute Gasteiger partial charge is 0.236 e. The maximum absolute atomic E-state index is 12.9. The Morgan fingerprint density at radius 3 is 2.78 bits per heavy atom. The summed E-state index contributed by atoms with van der Waals surface area (Å²) in [6, 6.07) is 7.50. The van der Waals surface area contributed by atoms with Crippen LogP contribution >= 0.6 is 11.8 Å². The Bertz CT molecular complexity index is 928. The molecule has 3 rings (SSSR count). The van der Waals surface area contributed by atoms with E-state index in [-0.39, 0.29) is 23.5 Å². The van der Waals surface area contributed by atoms with Gasteiger partial charge < -0.3 is 4.90 Å². The Kier molecular flexibility index (Phi) is 5.85. The number of hydrogen-bond acceptors (Lipinski definition) is 7. The summed E-state index contributed by atoms with van der Waals surface area (Å²) in [4.78, 5) is 14.6. The number of hydrogen-bond donors (Lipinski definition) is 0. The molecule has 1 aliphatic heterocycles. The molecular formula is C17H23N5O3S2. The Hall–Kier alpha value is -1.94. The summed E-state index contributed by atoms with van der Waals surface area (Å²) >= 11 is 1.28. The van der Waals surface area contributed by atoms with Crippen molar-refractivity contribution in [2.45, 2.75) is 43.6 Å². The summed E-state index contributed by atoms with van der Waals surface area (Å²) in [5, 5.41) is 12.0. The van der Waals surface area contributed by atoms with Gasteiger partial charge in [-0.2, -0.15) is 4.68 Å². The molecule has 2 heterocycles. The van der Waals surface area contributed by atoms with E-state index in [4.69, 9.17) is 0 Å². The molecule has 1 saturated heterocycles. The highest BCUT2D eigenvalue weighted by molar-refractivity contribution is 8.00. The number of thioether (sulfide) groups is 1. The van der Waals surface area contributed by atoms with Gasteiger partial charge in [-0.3, -0.25) is 4.79 Å². The van der Waals surface area contributed by atoms with Crippen molar-refractivity contribution >= 4 is 27.5 Å². The molecular weight excluding hydrogens is 386 g/mol. The first kappa shape index (κ1) is 19.8. The fraction of sp³-hybridized carbons (Fsp3) is 0.529. The largest absolute Gasteiger partial charge is 0.338 e. The summed E-state index contributed by atoms with van der Waals surface area (Å²) in [5.41, 5.74) is 1.89. The minimum absolute atomic E-state index is 0.0465. The molecule has 0 unspecified atom stereocenters. The number of sulfone groups is 1. The Balaban J connectivity index is 1.76. The van der Waals surface area contributed by atoms with Gasteiger partial charge in [-0.05, 0) is 49.2 Å². The third-order valence-electron chi connectivity index (χ3n) is 4.69. The van der Waals surface area contributed by atoms with E-state index >= 15 is 0 Å². The fourth-order valence-electron chi connectivity index (χ4n) is 3.26. The Labute approximate surface area is 163 Å². The molecule has 10 heteroatoms. The second kappa shape index (κ2) is 7.97. The van der Waals surface area contributed by atoms with Crippen molar-refractivity contribution in [3.8, 4) is 5.69 Å². The van der Waals surface area contributed by atoms with E-state index in [9.17, 15) is 13.2 Å². The van der Waals surface area contributed by atoms with Gasteiger partial charge in [0, 0.05) is 12.6 Å². The van der Waals surface area contributed by atoms with Crippen molar-refractivity contribution < 1.29 is 13.2 Å². The second-order valence-electron chi connectivity index (χ2n) is 6.60. The lowest BCUT2D eigenvalue weighted by Crippen LogP contribution is -2.44. The lowest BCUT2D eigenvalue weighted by atomic mass is 10.2. The molecule has 2 aromatic rings. The van der Waals surface area contributed by atoms with Gasteiger partial charge in [0.2, 0.25) is 11.1 Å². The third-order valence-corrected chi connectivity index (χ3v) is 7.46. The molecule has 1 aromatic heterocycles. The van der Waals surface area contributed by atoms with Crippen molar-refractivity contribution in [1.29, 1.82) is 0 Å². The number of carbonyl (C=O) groups is 1. The average Bonchev–Trinajstić information content (AvgIpc) is 3.22. The Morgan fingerprint density at radius 2 is 2.15 bits per heavy atom. The molecule has 2 atom stereocenters. The standard InChI is InChI=1S/C17H23N5O3S2/c1-4-21(14-9-10-27(24,25)11-14)16(23)13(3)26-17-18-19-20-22(17)15-8-6-5-7-12(15)2/h5-8,13-14H,4,9-11H2,1-3H3/t13-,14-/m0/s1. The van der Waals surface area contributed by atoms with Crippen LogP contribution in [0.3, 0.4) is 0 Å². The van der Waals surface area contributed by atoms with Crippen LogP contribution in [0, 0.1) is 6.92 Å². The van der Waals surface area contributed by atoms with Crippen LogP contribution in [-0.4, -0.2) is 68.8 Å². The van der Waals surface area contributed by atoms with Crippen molar-refractivity contribution in [2.24, 2.45) is 0 Å². The topological polar surface area (TPSA) is 98.1 Å². The first-order valence-corrected chi connectivity index (χ1v) is 11.5. The predicted octanol–water partition coefficient (Wildman–Crippen LogP) is 1.49. The van der Waals surface area contributed by atoms with Gasteiger partial charge in [-0.25, -0.2) is 8.42 Å². The van der Waals surface area contributed by atoms with E-state index < -0.39 is 15.1 Å². The highest BCUT2D eigenvalue weighted by atomic mass is 32.2. The highest BCUT2D eigenvalue weighted by Crippen LogP contribution is 2.27. The van der Waals surface area contributed by atoms with E-state index in [2.05, 4.69) is 15.5 Å². The predicted molar refractivity (Wildman–Crippen MR) is 104 cm³/mol. The minimum Gasteiger partial charge on any atom is -0.338 e. The summed E-state index contributed by atoms with van der Waals surface area (Å²) < 4.78 is 25.2.